The average molecular weight is 157 g/mol. The largest absolute Gasteiger partial charge is 0.317 e. The normalized spacial score (nSPS) is 7.55. The molecule has 3 nitrogen and oxygen atoms in total. The maximum atomic E-state index is 6.29. The Hall–Kier alpha value is -0.660. The van der Waals surface area contributed by atoms with E-state index >= 15 is 0 Å². The highest BCUT2D eigenvalue weighted by atomic mass is 14.8. The molecule has 0 radical (unpaired) electrons. The quantitative estimate of drug-likeness (QED) is 0.600. The molecule has 0 spiro atoms. The predicted octanol–water partition coefficient (Wildman–Crippen LogP) is 1.76. The lowest BCUT2D eigenvalue weighted by molar-refractivity contribution is 0.762. The van der Waals surface area contributed by atoms with Crippen molar-refractivity contribution in [2.24, 2.45) is 4.99 Å². The lowest BCUT2D eigenvalue weighted by atomic mass is 10.5. The molecule has 0 aromatic carbocycles. The van der Waals surface area contributed by atoms with Crippen LogP contribution >= 0.6 is 0 Å². The summed E-state index contributed by atoms with van der Waals surface area (Å²) in [4.78, 5) is 3.51. The zero-order valence-corrected chi connectivity index (χ0v) is 7.78. The fraction of sp³-hybridized carbons (Fsp3) is 0.875. The molecule has 0 fully saturated rings. The van der Waals surface area contributed by atoms with Crippen LogP contribution in [0.4, 0.5) is 0 Å². The van der Waals surface area contributed by atoms with Crippen molar-refractivity contribution in [3.8, 4) is 0 Å². The minimum Gasteiger partial charge on any atom is -0.317 e. The van der Waals surface area contributed by atoms with E-state index < -0.39 is 0 Å². The number of hydrogen-bond donors (Lipinski definition) is 2. The number of hydrogen-bond acceptors (Lipinski definition) is 3. The van der Waals surface area contributed by atoms with Crippen LogP contribution in [0, 0.1) is 5.41 Å². The molecule has 0 heterocycles. The molecule has 66 valence electrons. The van der Waals surface area contributed by atoms with E-state index in [1.807, 2.05) is 12.9 Å². The molecule has 0 saturated heterocycles. The first-order chi connectivity index (χ1) is 5.33. The van der Waals surface area contributed by atoms with Gasteiger partial charge in [-0.25, -0.2) is 10.4 Å². The maximum absolute atomic E-state index is 6.29. The number of aliphatic imine (C=N–C) groups is 1. The van der Waals surface area contributed by atoms with Gasteiger partial charge in [-0.1, -0.05) is 20.8 Å². The van der Waals surface area contributed by atoms with E-state index in [4.69, 9.17) is 5.41 Å². The fourth-order valence-corrected chi connectivity index (χ4v) is 0.418. The third-order valence-electron chi connectivity index (χ3n) is 0.914. The first-order valence-corrected chi connectivity index (χ1v) is 4.12. The van der Waals surface area contributed by atoms with Gasteiger partial charge in [0.1, 0.15) is 0 Å². The second kappa shape index (κ2) is 16.2. The highest BCUT2D eigenvalue weighted by Crippen LogP contribution is 1.71. The summed E-state index contributed by atoms with van der Waals surface area (Å²) in [6.45, 7) is 9.14. The molecule has 11 heavy (non-hydrogen) atoms. The fourth-order valence-electron chi connectivity index (χ4n) is 0.418. The highest BCUT2D eigenvalue weighted by Gasteiger charge is 1.64. The Bertz CT molecular complexity index is 93.5. The van der Waals surface area contributed by atoms with E-state index in [2.05, 4.69) is 24.2 Å². The molecule has 0 aliphatic heterocycles. The van der Waals surface area contributed by atoms with Gasteiger partial charge >= 0.3 is 0 Å². The van der Waals surface area contributed by atoms with Gasteiger partial charge in [0.2, 0.25) is 0 Å². The van der Waals surface area contributed by atoms with Crippen LogP contribution in [0.2, 0.25) is 0 Å². The van der Waals surface area contributed by atoms with Crippen molar-refractivity contribution in [3.63, 3.8) is 0 Å². The Labute approximate surface area is 69.4 Å². The van der Waals surface area contributed by atoms with E-state index in [1.165, 1.54) is 0 Å². The van der Waals surface area contributed by atoms with Crippen LogP contribution in [-0.4, -0.2) is 25.6 Å². The minimum absolute atomic E-state index is 0.740. The third kappa shape index (κ3) is 26.7. The van der Waals surface area contributed by atoms with Crippen LogP contribution < -0.4 is 5.32 Å². The highest BCUT2D eigenvalue weighted by molar-refractivity contribution is 5.35. The average Bonchev–Trinajstić information content (AvgIpc) is 2.04. The summed E-state index contributed by atoms with van der Waals surface area (Å²) in [7, 11) is 0. The molecule has 0 bridgehead atoms. The molecule has 0 amide bonds. The predicted molar refractivity (Wildman–Crippen MR) is 49.5 cm³/mol. The molecule has 0 unspecified atom stereocenters. The Morgan fingerprint density at radius 2 is 1.82 bits per heavy atom. The van der Waals surface area contributed by atoms with E-state index in [0.29, 0.717) is 0 Å². The Balaban J connectivity index is 0. The number of rotatable bonds is 4. The van der Waals surface area contributed by atoms with Crippen molar-refractivity contribution < 1.29 is 0 Å². The van der Waals surface area contributed by atoms with E-state index in [9.17, 15) is 0 Å². The first kappa shape index (κ1) is 13.0. The number of nitrogens with one attached hydrogen (secondary N) is 2. The van der Waals surface area contributed by atoms with Crippen LogP contribution in [0.1, 0.15) is 27.2 Å². The van der Waals surface area contributed by atoms with Crippen LogP contribution in [0.5, 0.6) is 0 Å². The van der Waals surface area contributed by atoms with Crippen LogP contribution in [-0.2, 0) is 0 Å². The van der Waals surface area contributed by atoms with Crippen LogP contribution in [0.25, 0.3) is 0 Å². The Kier molecular flexibility index (Phi) is 19.1. The smallest absolute Gasteiger partial charge is 0.0861 e. The second-order valence-corrected chi connectivity index (χ2v) is 1.95. The summed E-state index contributed by atoms with van der Waals surface area (Å²) < 4.78 is 0. The molecule has 0 aromatic heterocycles. The summed E-state index contributed by atoms with van der Waals surface area (Å²) in [5.74, 6) is 0. The summed E-state index contributed by atoms with van der Waals surface area (Å²) in [6, 6.07) is 1.94. The molecule has 0 atom stereocenters. The molecule has 0 saturated carbocycles. The van der Waals surface area contributed by atoms with E-state index in [1.54, 1.807) is 0 Å². The Morgan fingerprint density at radius 1 is 1.27 bits per heavy atom. The first-order valence-electron chi connectivity index (χ1n) is 4.12. The van der Waals surface area contributed by atoms with E-state index in [-0.39, 0.29) is 0 Å². The summed E-state index contributed by atoms with van der Waals surface area (Å²) >= 11 is 0. The summed E-state index contributed by atoms with van der Waals surface area (Å²) in [6.07, 6.45) is 1.01. The zero-order valence-electron chi connectivity index (χ0n) is 7.78. The molecular weight excluding hydrogens is 138 g/mol. The molecule has 0 rings (SSSR count). The summed E-state index contributed by atoms with van der Waals surface area (Å²) in [5.41, 5.74) is 0. The summed E-state index contributed by atoms with van der Waals surface area (Å²) in [5, 5.41) is 9.40. The van der Waals surface area contributed by atoms with Gasteiger partial charge in [-0.3, -0.25) is 0 Å². The van der Waals surface area contributed by atoms with Gasteiger partial charge in [0, 0.05) is 6.54 Å². The van der Waals surface area contributed by atoms with Gasteiger partial charge in [-0.2, -0.15) is 0 Å². The van der Waals surface area contributed by atoms with Crippen molar-refractivity contribution >= 4 is 6.01 Å². The van der Waals surface area contributed by atoms with Gasteiger partial charge in [-0.05, 0) is 19.5 Å². The zero-order chi connectivity index (χ0) is 8.95. The molecular formula is C8H19N3. The van der Waals surface area contributed by atoms with Gasteiger partial charge in [-0.15, -0.1) is 0 Å². The van der Waals surface area contributed by atoms with Crippen molar-refractivity contribution in [1.29, 1.82) is 5.41 Å². The lowest BCUT2D eigenvalue weighted by Gasteiger charge is -1.86. The van der Waals surface area contributed by atoms with Crippen molar-refractivity contribution in [2.75, 3.05) is 19.6 Å². The van der Waals surface area contributed by atoms with Gasteiger partial charge < -0.3 is 5.32 Å². The molecule has 0 aliphatic carbocycles. The molecule has 3 heteroatoms. The monoisotopic (exact) mass is 157 g/mol. The van der Waals surface area contributed by atoms with Gasteiger partial charge in [0.25, 0.3) is 0 Å². The van der Waals surface area contributed by atoms with Crippen molar-refractivity contribution in [3.05, 3.63) is 0 Å². The third-order valence-corrected chi connectivity index (χ3v) is 0.914. The second-order valence-electron chi connectivity index (χ2n) is 1.95. The SMILES string of the molecule is CCCN=C=N.CCNCC. The lowest BCUT2D eigenvalue weighted by Crippen LogP contribution is -2.09. The molecule has 0 aliphatic rings. The molecule has 0 aromatic rings. The topological polar surface area (TPSA) is 48.2 Å². The maximum Gasteiger partial charge on any atom is 0.0861 e. The van der Waals surface area contributed by atoms with Crippen LogP contribution in [0.3, 0.4) is 0 Å². The van der Waals surface area contributed by atoms with Crippen molar-refractivity contribution in [2.45, 2.75) is 27.2 Å². The minimum atomic E-state index is 0.740. The molecule has 2 N–H and O–H groups in total. The van der Waals surface area contributed by atoms with Crippen molar-refractivity contribution in [1.82, 2.24) is 5.32 Å². The number of nitrogens with zero attached hydrogens (tertiary/aromatic N) is 1. The van der Waals surface area contributed by atoms with Gasteiger partial charge in [0.05, 0.1) is 6.01 Å². The van der Waals surface area contributed by atoms with E-state index in [0.717, 1.165) is 26.1 Å². The Morgan fingerprint density at radius 3 is 1.91 bits per heavy atom. The van der Waals surface area contributed by atoms with Gasteiger partial charge in [0.15, 0.2) is 0 Å². The standard InChI is InChI=1S/C4H8N2.C4H11N/c1-2-3-6-4-5;1-3-5-4-2/h5H,2-3H2,1H3;5H,3-4H2,1-2H3. The van der Waals surface area contributed by atoms with Crippen LogP contribution in [0.15, 0.2) is 4.99 Å².